The van der Waals surface area contributed by atoms with E-state index in [1.165, 1.54) is 6.07 Å². The van der Waals surface area contributed by atoms with Crippen LogP contribution in [0.3, 0.4) is 0 Å². The molecule has 1 aliphatic rings. The largest absolute Gasteiger partial charge is 0.431 e. The van der Waals surface area contributed by atoms with Crippen LogP contribution in [0.25, 0.3) is 0 Å². The molecule has 0 bridgehead atoms. The Balaban J connectivity index is 2.53. The normalized spacial score (nSPS) is 22.3. The summed E-state index contributed by atoms with van der Waals surface area (Å²) in [7, 11) is 0. The number of amides is 1. The van der Waals surface area contributed by atoms with Crippen LogP contribution in [0.1, 0.15) is 37.6 Å². The topological polar surface area (TPSA) is 52.9 Å². The lowest BCUT2D eigenvalue weighted by molar-refractivity contribution is -0.144. The number of rotatable bonds is 1. The average molecular weight is 393 g/mol. The van der Waals surface area contributed by atoms with Crippen molar-refractivity contribution in [2.24, 2.45) is 10.5 Å². The number of carbonyl (C=O) groups excluding carboxylic acids is 1. The van der Waals surface area contributed by atoms with Crippen LogP contribution in [-0.4, -0.2) is 33.6 Å². The van der Waals surface area contributed by atoms with Crippen LogP contribution in [0, 0.1) is 5.41 Å². The molecule has 0 radical (unpaired) electrons. The summed E-state index contributed by atoms with van der Waals surface area (Å²) in [6.07, 6.45) is -5.47. The van der Waals surface area contributed by atoms with Gasteiger partial charge in [0.15, 0.2) is 5.72 Å². The zero-order valence-electron chi connectivity index (χ0n) is 12.8. The minimum Gasteiger partial charge on any atom is -0.368 e. The number of aliphatic hydroxyl groups is 1. The Labute approximate surface area is 140 Å². The van der Waals surface area contributed by atoms with Crippen LogP contribution < -0.4 is 0 Å². The van der Waals surface area contributed by atoms with Crippen molar-refractivity contribution < 1.29 is 23.1 Å². The fourth-order valence-electron chi connectivity index (χ4n) is 2.25. The number of halogens is 4. The van der Waals surface area contributed by atoms with Crippen molar-refractivity contribution in [1.82, 2.24) is 5.01 Å². The van der Waals surface area contributed by atoms with E-state index >= 15 is 0 Å². The van der Waals surface area contributed by atoms with Crippen molar-refractivity contribution in [2.45, 2.75) is 39.1 Å². The zero-order valence-corrected chi connectivity index (χ0v) is 14.4. The molecule has 23 heavy (non-hydrogen) atoms. The minimum atomic E-state index is -4.71. The maximum absolute atomic E-state index is 13.0. The molecule has 1 aromatic rings. The average Bonchev–Trinajstić information content (AvgIpc) is 2.77. The Hall–Kier alpha value is -1.41. The number of nitrogens with zero attached hydrogens (tertiary/aromatic N) is 2. The molecule has 2 rings (SSSR count). The van der Waals surface area contributed by atoms with Gasteiger partial charge in [0, 0.05) is 16.3 Å². The van der Waals surface area contributed by atoms with E-state index in [4.69, 9.17) is 0 Å². The van der Waals surface area contributed by atoms with Gasteiger partial charge in [-0.25, -0.2) is 0 Å². The lowest BCUT2D eigenvalue weighted by atomic mass is 9.80. The number of alkyl halides is 3. The van der Waals surface area contributed by atoms with E-state index in [-0.39, 0.29) is 5.56 Å². The Morgan fingerprint density at radius 1 is 1.30 bits per heavy atom. The second-order valence-electron chi connectivity index (χ2n) is 6.38. The first-order chi connectivity index (χ1) is 10.4. The van der Waals surface area contributed by atoms with Crippen LogP contribution >= 0.6 is 15.9 Å². The molecule has 0 saturated carbocycles. The summed E-state index contributed by atoms with van der Waals surface area (Å²) in [5.74, 6) is -0.797. The standard InChI is InChI=1S/C15H16BrF3N2O2/c1-13(2,3)14(23)8-11(15(17,18)19)20-21(14)12(22)9-6-4-5-7-10(9)16/h4-7,23H,8H2,1-3H3/t14-/m1/s1. The van der Waals surface area contributed by atoms with E-state index < -0.39 is 35.4 Å². The van der Waals surface area contributed by atoms with Gasteiger partial charge in [-0.05, 0) is 28.1 Å². The Morgan fingerprint density at radius 3 is 2.35 bits per heavy atom. The molecule has 1 aliphatic heterocycles. The first-order valence-corrected chi connectivity index (χ1v) is 7.63. The Morgan fingerprint density at radius 2 is 1.87 bits per heavy atom. The highest BCUT2D eigenvalue weighted by molar-refractivity contribution is 9.10. The van der Waals surface area contributed by atoms with Gasteiger partial charge in [-0.1, -0.05) is 32.9 Å². The molecule has 0 aromatic heterocycles. The van der Waals surface area contributed by atoms with Crippen molar-refractivity contribution in [2.75, 3.05) is 0 Å². The molecule has 0 unspecified atom stereocenters. The Kier molecular flexibility index (Phi) is 4.36. The van der Waals surface area contributed by atoms with Gasteiger partial charge < -0.3 is 5.11 Å². The number of benzene rings is 1. The van der Waals surface area contributed by atoms with Crippen molar-refractivity contribution in [1.29, 1.82) is 0 Å². The number of hydrogen-bond donors (Lipinski definition) is 1. The summed E-state index contributed by atoms with van der Waals surface area (Å²) < 4.78 is 39.5. The lowest BCUT2D eigenvalue weighted by Crippen LogP contribution is -2.55. The monoisotopic (exact) mass is 392 g/mol. The van der Waals surface area contributed by atoms with Gasteiger partial charge in [0.1, 0.15) is 5.71 Å². The quantitative estimate of drug-likeness (QED) is 0.786. The van der Waals surface area contributed by atoms with Gasteiger partial charge in [0.2, 0.25) is 0 Å². The first kappa shape index (κ1) is 17.9. The second-order valence-corrected chi connectivity index (χ2v) is 7.24. The van der Waals surface area contributed by atoms with Crippen molar-refractivity contribution in [3.8, 4) is 0 Å². The van der Waals surface area contributed by atoms with Gasteiger partial charge in [0.25, 0.3) is 5.91 Å². The van der Waals surface area contributed by atoms with Crippen LogP contribution in [0.5, 0.6) is 0 Å². The SMILES string of the molecule is CC(C)(C)[C@]1(O)CC(C(F)(F)F)=NN1C(=O)c1ccccc1Br. The van der Waals surface area contributed by atoms with Gasteiger partial charge in [-0.2, -0.15) is 23.3 Å². The van der Waals surface area contributed by atoms with E-state index in [0.29, 0.717) is 9.48 Å². The highest BCUT2D eigenvalue weighted by Gasteiger charge is 2.57. The molecular weight excluding hydrogens is 377 g/mol. The zero-order chi connectivity index (χ0) is 17.6. The fraction of sp³-hybridized carbons (Fsp3) is 0.467. The van der Waals surface area contributed by atoms with Crippen molar-refractivity contribution >= 4 is 27.5 Å². The van der Waals surface area contributed by atoms with Gasteiger partial charge in [-0.3, -0.25) is 4.79 Å². The van der Waals surface area contributed by atoms with Crippen LogP contribution in [0.2, 0.25) is 0 Å². The molecule has 0 spiro atoms. The third-order valence-corrected chi connectivity index (χ3v) is 4.50. The third kappa shape index (κ3) is 3.14. The molecule has 0 aliphatic carbocycles. The van der Waals surface area contributed by atoms with Crippen molar-refractivity contribution in [3.05, 3.63) is 34.3 Å². The maximum atomic E-state index is 13.0. The summed E-state index contributed by atoms with van der Waals surface area (Å²) >= 11 is 3.19. The summed E-state index contributed by atoms with van der Waals surface area (Å²) in [4.78, 5) is 12.7. The summed E-state index contributed by atoms with van der Waals surface area (Å²) in [5, 5.41) is 14.8. The molecule has 1 atom stereocenters. The summed E-state index contributed by atoms with van der Waals surface area (Å²) in [5.41, 5.74) is -4.14. The number of carbonyl (C=O) groups is 1. The molecule has 0 fully saturated rings. The Bertz CT molecular complexity index is 667. The molecule has 1 amide bonds. The molecule has 8 heteroatoms. The molecule has 4 nitrogen and oxygen atoms in total. The molecule has 126 valence electrons. The highest BCUT2D eigenvalue weighted by atomic mass is 79.9. The molecule has 0 saturated heterocycles. The van der Waals surface area contributed by atoms with E-state index in [1.807, 2.05) is 0 Å². The number of hydrogen-bond acceptors (Lipinski definition) is 3. The predicted molar refractivity (Wildman–Crippen MR) is 82.8 cm³/mol. The van der Waals surface area contributed by atoms with Crippen LogP contribution in [-0.2, 0) is 0 Å². The van der Waals surface area contributed by atoms with Crippen LogP contribution in [0.4, 0.5) is 13.2 Å². The first-order valence-electron chi connectivity index (χ1n) is 6.84. The second kappa shape index (κ2) is 5.59. The molecule has 1 N–H and O–H groups in total. The van der Waals surface area contributed by atoms with Gasteiger partial charge in [0.05, 0.1) is 5.56 Å². The summed E-state index contributed by atoms with van der Waals surface area (Å²) in [6, 6.07) is 6.30. The summed E-state index contributed by atoms with van der Waals surface area (Å²) in [6.45, 7) is 4.67. The minimum absolute atomic E-state index is 0.127. The molecule has 1 heterocycles. The fourth-order valence-corrected chi connectivity index (χ4v) is 2.70. The lowest BCUT2D eigenvalue weighted by Gasteiger charge is -2.41. The highest BCUT2D eigenvalue weighted by Crippen LogP contribution is 2.44. The van der Waals surface area contributed by atoms with E-state index in [1.54, 1.807) is 39.0 Å². The van der Waals surface area contributed by atoms with E-state index in [0.717, 1.165) is 0 Å². The van der Waals surface area contributed by atoms with E-state index in [2.05, 4.69) is 21.0 Å². The van der Waals surface area contributed by atoms with Crippen LogP contribution in [0.15, 0.2) is 33.8 Å². The molecule has 1 aromatic carbocycles. The van der Waals surface area contributed by atoms with E-state index in [9.17, 15) is 23.1 Å². The predicted octanol–water partition coefficient (Wildman–Crippen LogP) is 3.95. The van der Waals surface area contributed by atoms with Crippen molar-refractivity contribution in [3.63, 3.8) is 0 Å². The molecular formula is C15H16BrF3N2O2. The maximum Gasteiger partial charge on any atom is 0.431 e. The smallest absolute Gasteiger partial charge is 0.368 e. The number of hydrazone groups is 1. The third-order valence-electron chi connectivity index (χ3n) is 3.81. The van der Waals surface area contributed by atoms with Gasteiger partial charge in [-0.15, -0.1) is 0 Å². The van der Waals surface area contributed by atoms with Gasteiger partial charge >= 0.3 is 6.18 Å².